The van der Waals surface area contributed by atoms with Gasteiger partial charge in [0.1, 0.15) is 0 Å². The standard InChI is InChI=1S/C22H22F24O3Si/c1-4-47-50(48-5-2,49-6-3)10-9-13(26,27)16(32,33)18(36,37)17(34,35)14(28,29)11(23)7-8-12(24,25)15(30,31)19(38,39)20(40,41)21(42,43)22(44,45)46/h7H,4-6,8-10H2,1-3H3. The summed E-state index contributed by atoms with van der Waals surface area (Å²) in [6, 6.07) is -1.61. The molecule has 0 rings (SSSR count). The Morgan fingerprint density at radius 1 is 0.460 bits per heavy atom. The first kappa shape index (κ1) is 48.2. The second-order valence-electron chi connectivity index (χ2n) is 9.74. The summed E-state index contributed by atoms with van der Waals surface area (Å²) in [5.74, 6) is -84.2. The van der Waals surface area contributed by atoms with Gasteiger partial charge in [0.15, 0.2) is 5.83 Å². The van der Waals surface area contributed by atoms with Gasteiger partial charge < -0.3 is 13.3 Å². The number of rotatable bonds is 20. The molecule has 0 saturated heterocycles. The lowest BCUT2D eigenvalue weighted by molar-refractivity contribution is -0.439. The van der Waals surface area contributed by atoms with Crippen LogP contribution in [0.4, 0.5) is 105 Å². The molecule has 28 heteroatoms. The van der Waals surface area contributed by atoms with Crippen LogP contribution in [0.15, 0.2) is 11.9 Å². The molecule has 0 amide bonds. The molecule has 0 aliphatic heterocycles. The minimum atomic E-state index is -8.58. The molecule has 3 nitrogen and oxygen atoms in total. The van der Waals surface area contributed by atoms with Gasteiger partial charge in [0.25, 0.3) is 0 Å². The maximum atomic E-state index is 14.4. The molecule has 0 saturated carbocycles. The minimum absolute atomic E-state index is 0.481. The molecule has 0 unspecified atom stereocenters. The van der Waals surface area contributed by atoms with Gasteiger partial charge in [0, 0.05) is 38.7 Å². The molecule has 0 atom stereocenters. The van der Waals surface area contributed by atoms with Gasteiger partial charge >= 0.3 is 74.2 Å². The van der Waals surface area contributed by atoms with Crippen molar-refractivity contribution in [1.82, 2.24) is 0 Å². The fraction of sp³-hybridized carbons (Fsp3) is 0.909. The average molecular weight is 818 g/mol. The molecule has 0 aromatic heterocycles. The number of hydrogen-bond donors (Lipinski definition) is 0. The summed E-state index contributed by atoms with van der Waals surface area (Å²) in [6.45, 7) is 2.00. The van der Waals surface area contributed by atoms with Crippen molar-refractivity contribution in [3.63, 3.8) is 0 Å². The molecule has 0 aromatic carbocycles. The van der Waals surface area contributed by atoms with Crippen molar-refractivity contribution >= 4 is 8.80 Å². The highest BCUT2D eigenvalue weighted by Gasteiger charge is 2.91. The minimum Gasteiger partial charge on any atom is -0.374 e. The SMILES string of the molecule is CCO[Si](CCC(F)(F)C(F)(F)C(F)(F)C(F)(F)C(F)(F)C(F)=CCC(F)(F)C(F)(F)C(F)(F)C(F)(F)C(F)(F)C(F)(F)F)(OCC)OCC. The van der Waals surface area contributed by atoms with E-state index in [4.69, 9.17) is 13.3 Å². The Bertz CT molecular complexity index is 1150. The van der Waals surface area contributed by atoms with Crippen molar-refractivity contribution in [2.24, 2.45) is 0 Å². The molecule has 0 N–H and O–H groups in total. The molecule has 0 fully saturated rings. The molecule has 0 heterocycles. The van der Waals surface area contributed by atoms with Crippen LogP contribution in [0.2, 0.25) is 6.04 Å². The molecular formula is C22H22F24O3Si. The predicted molar refractivity (Wildman–Crippen MR) is 119 cm³/mol. The van der Waals surface area contributed by atoms with E-state index in [1.165, 1.54) is 0 Å². The second kappa shape index (κ2) is 14.5. The van der Waals surface area contributed by atoms with E-state index in [9.17, 15) is 105 Å². The fourth-order valence-corrected chi connectivity index (χ4v) is 6.14. The Balaban J connectivity index is 6.73. The third-order valence-corrected chi connectivity index (χ3v) is 9.36. The summed E-state index contributed by atoms with van der Waals surface area (Å²) in [7, 11) is -4.53. The van der Waals surface area contributed by atoms with E-state index in [1.54, 1.807) is 0 Å². The molecule has 0 aromatic rings. The van der Waals surface area contributed by atoms with E-state index in [0.717, 1.165) is 20.8 Å². The van der Waals surface area contributed by atoms with Crippen molar-refractivity contribution in [1.29, 1.82) is 0 Å². The van der Waals surface area contributed by atoms with E-state index < -0.39 is 125 Å². The van der Waals surface area contributed by atoms with Gasteiger partial charge in [-0.2, -0.15) is 101 Å². The lowest BCUT2D eigenvalue weighted by Gasteiger charge is -2.40. The highest BCUT2D eigenvalue weighted by Crippen LogP contribution is 2.62. The van der Waals surface area contributed by atoms with Crippen LogP contribution >= 0.6 is 0 Å². The van der Waals surface area contributed by atoms with Gasteiger partial charge in [-0.1, -0.05) is 0 Å². The predicted octanol–water partition coefficient (Wildman–Crippen LogP) is 10.6. The average Bonchev–Trinajstić information content (AvgIpc) is 2.93. The van der Waals surface area contributed by atoms with Crippen molar-refractivity contribution in [3.05, 3.63) is 11.9 Å². The Labute approximate surface area is 265 Å². The van der Waals surface area contributed by atoms with Gasteiger partial charge in [-0.15, -0.1) is 0 Å². The van der Waals surface area contributed by atoms with Crippen LogP contribution in [-0.4, -0.2) is 94.0 Å². The third kappa shape index (κ3) is 7.76. The van der Waals surface area contributed by atoms with Crippen molar-refractivity contribution in [2.75, 3.05) is 19.8 Å². The van der Waals surface area contributed by atoms with Gasteiger partial charge in [0.05, 0.1) is 0 Å². The van der Waals surface area contributed by atoms with E-state index in [1.807, 2.05) is 0 Å². The third-order valence-electron chi connectivity index (χ3n) is 6.32. The zero-order chi connectivity index (χ0) is 40.6. The van der Waals surface area contributed by atoms with Gasteiger partial charge in [0.2, 0.25) is 0 Å². The summed E-state index contributed by atoms with van der Waals surface area (Å²) in [5.41, 5.74) is 0. The summed E-state index contributed by atoms with van der Waals surface area (Å²) >= 11 is 0. The van der Waals surface area contributed by atoms with Gasteiger partial charge in [-0.05, 0) is 26.8 Å². The van der Waals surface area contributed by atoms with Crippen LogP contribution < -0.4 is 0 Å². The number of allylic oxidation sites excluding steroid dienone is 2. The van der Waals surface area contributed by atoms with Crippen LogP contribution in [-0.2, 0) is 13.3 Å². The summed E-state index contributed by atoms with van der Waals surface area (Å²) in [5, 5.41) is 0. The van der Waals surface area contributed by atoms with Crippen molar-refractivity contribution in [3.8, 4) is 0 Å². The fourth-order valence-electron chi connectivity index (χ4n) is 3.52. The largest absolute Gasteiger partial charge is 0.501 e. The molecule has 0 radical (unpaired) electrons. The van der Waals surface area contributed by atoms with Crippen LogP contribution in [0, 0.1) is 0 Å². The molecule has 50 heavy (non-hydrogen) atoms. The van der Waals surface area contributed by atoms with Crippen LogP contribution in [0.1, 0.15) is 33.6 Å². The normalized spacial score (nSPS) is 16.3. The molecule has 0 aliphatic carbocycles. The first-order valence-electron chi connectivity index (χ1n) is 12.9. The lowest BCUT2D eigenvalue weighted by atomic mass is 9.91. The smallest absolute Gasteiger partial charge is 0.374 e. The highest BCUT2D eigenvalue weighted by atomic mass is 28.4. The highest BCUT2D eigenvalue weighted by molar-refractivity contribution is 6.60. The topological polar surface area (TPSA) is 27.7 Å². The molecule has 300 valence electrons. The summed E-state index contributed by atoms with van der Waals surface area (Å²) in [6.07, 6.45) is -17.0. The van der Waals surface area contributed by atoms with Crippen LogP contribution in [0.5, 0.6) is 0 Å². The Morgan fingerprint density at radius 2 is 0.780 bits per heavy atom. The van der Waals surface area contributed by atoms with Crippen molar-refractivity contribution in [2.45, 2.75) is 105 Å². The Morgan fingerprint density at radius 3 is 1.12 bits per heavy atom. The van der Waals surface area contributed by atoms with Crippen LogP contribution in [0.25, 0.3) is 0 Å². The first-order valence-corrected chi connectivity index (χ1v) is 14.8. The number of hydrogen-bond acceptors (Lipinski definition) is 3. The van der Waals surface area contributed by atoms with Gasteiger partial charge in [-0.3, -0.25) is 0 Å². The van der Waals surface area contributed by atoms with E-state index >= 15 is 0 Å². The molecule has 0 spiro atoms. The quantitative estimate of drug-likeness (QED) is 0.0905. The zero-order valence-electron chi connectivity index (χ0n) is 24.6. The molecular weight excluding hydrogens is 796 g/mol. The maximum absolute atomic E-state index is 14.4. The first-order chi connectivity index (χ1) is 21.8. The monoisotopic (exact) mass is 818 g/mol. The number of halogens is 24. The van der Waals surface area contributed by atoms with E-state index in [2.05, 4.69) is 0 Å². The second-order valence-corrected chi connectivity index (χ2v) is 12.5. The molecule has 0 aliphatic rings. The lowest BCUT2D eigenvalue weighted by Crippen LogP contribution is -2.70. The molecule has 0 bridgehead atoms. The zero-order valence-corrected chi connectivity index (χ0v) is 25.6. The maximum Gasteiger partial charge on any atom is 0.501 e. The van der Waals surface area contributed by atoms with Crippen molar-refractivity contribution < 1.29 is 119 Å². The summed E-state index contributed by atoms with van der Waals surface area (Å²) < 4.78 is 341. The number of alkyl halides is 23. The van der Waals surface area contributed by atoms with E-state index in [-0.39, 0.29) is 0 Å². The Kier molecular flexibility index (Phi) is 14.0. The van der Waals surface area contributed by atoms with Crippen LogP contribution in [0.3, 0.4) is 0 Å². The van der Waals surface area contributed by atoms with E-state index in [0.29, 0.717) is 0 Å². The Hall–Kier alpha value is -1.84. The van der Waals surface area contributed by atoms with Gasteiger partial charge in [-0.25, -0.2) is 4.39 Å². The summed E-state index contributed by atoms with van der Waals surface area (Å²) in [4.78, 5) is 0.